The number of hydrogen-bond acceptors (Lipinski definition) is 2. The maximum Gasteiger partial charge on any atom is 0.312 e. The Kier molecular flexibility index (Phi) is 33.4. The Hall–Kier alpha value is -0.530. The van der Waals surface area contributed by atoms with Gasteiger partial charge in [-0.2, -0.15) is 0 Å². The van der Waals surface area contributed by atoms with Crippen molar-refractivity contribution in [3.63, 3.8) is 0 Å². The van der Waals surface area contributed by atoms with E-state index in [0.29, 0.717) is 12.5 Å². The van der Waals surface area contributed by atoms with Gasteiger partial charge in [0, 0.05) is 0 Å². The number of ether oxygens (including phenoxy) is 1. The summed E-state index contributed by atoms with van der Waals surface area (Å²) in [6, 6.07) is 0. The number of carbonyl (C=O) groups is 1. The van der Waals surface area contributed by atoms with E-state index in [4.69, 9.17) is 4.74 Å². The molecule has 0 aromatic carbocycles. The average molecular weight is 621 g/mol. The number of carbonyl (C=O) groups excluding carboxylic acids is 1. The van der Waals surface area contributed by atoms with Gasteiger partial charge in [-0.05, 0) is 38.0 Å². The molecule has 0 amide bonds. The van der Waals surface area contributed by atoms with Gasteiger partial charge in [0.25, 0.3) is 0 Å². The van der Waals surface area contributed by atoms with Crippen LogP contribution in [0.5, 0.6) is 0 Å². The normalized spacial score (nSPS) is 12.6. The lowest BCUT2D eigenvalue weighted by atomic mass is 9.67. The minimum absolute atomic E-state index is 0.112. The summed E-state index contributed by atoms with van der Waals surface area (Å²) in [6.07, 6.45) is 44.0. The summed E-state index contributed by atoms with van der Waals surface area (Å²) in [5.41, 5.74) is -0.275. The summed E-state index contributed by atoms with van der Waals surface area (Å²) in [4.78, 5) is 13.5. The Bertz CT molecular complexity index is 566. The van der Waals surface area contributed by atoms with Gasteiger partial charge in [0.15, 0.2) is 0 Å². The fraction of sp³-hybridized carbons (Fsp3) is 0.976. The highest BCUT2D eigenvalue weighted by Crippen LogP contribution is 2.42. The number of unbranched alkanes of at least 4 members (excludes halogenated alkanes) is 26. The van der Waals surface area contributed by atoms with Gasteiger partial charge in [0.2, 0.25) is 0 Å². The van der Waals surface area contributed by atoms with Gasteiger partial charge in [-0.25, -0.2) is 0 Å². The van der Waals surface area contributed by atoms with E-state index < -0.39 is 0 Å². The second-order valence-electron chi connectivity index (χ2n) is 14.5. The van der Waals surface area contributed by atoms with Crippen LogP contribution in [-0.2, 0) is 9.53 Å². The molecule has 1 unspecified atom stereocenters. The van der Waals surface area contributed by atoms with Crippen LogP contribution in [0.3, 0.4) is 0 Å². The smallest absolute Gasteiger partial charge is 0.312 e. The first kappa shape index (κ1) is 43.5. The quantitative estimate of drug-likeness (QED) is 0.0514. The molecular formula is C42H84O2. The van der Waals surface area contributed by atoms with Crippen LogP contribution < -0.4 is 0 Å². The zero-order valence-electron chi connectivity index (χ0n) is 31.4. The summed E-state index contributed by atoms with van der Waals surface area (Å²) >= 11 is 0. The van der Waals surface area contributed by atoms with Gasteiger partial charge in [0.1, 0.15) is 0 Å². The van der Waals surface area contributed by atoms with Crippen molar-refractivity contribution >= 4 is 5.97 Å². The minimum Gasteiger partial charge on any atom is -0.465 e. The minimum atomic E-state index is -0.275. The fourth-order valence-electron chi connectivity index (χ4n) is 7.52. The largest absolute Gasteiger partial charge is 0.465 e. The molecule has 0 saturated heterocycles. The fourth-order valence-corrected chi connectivity index (χ4v) is 7.52. The van der Waals surface area contributed by atoms with Crippen LogP contribution in [0.1, 0.15) is 247 Å². The summed E-state index contributed by atoms with van der Waals surface area (Å²) in [6.45, 7) is 12.0. The molecule has 44 heavy (non-hydrogen) atoms. The topological polar surface area (TPSA) is 26.3 Å². The monoisotopic (exact) mass is 621 g/mol. The van der Waals surface area contributed by atoms with E-state index in [-0.39, 0.29) is 11.4 Å². The summed E-state index contributed by atoms with van der Waals surface area (Å²) in [7, 11) is 0. The molecule has 0 fully saturated rings. The van der Waals surface area contributed by atoms with E-state index >= 15 is 0 Å². The van der Waals surface area contributed by atoms with E-state index in [9.17, 15) is 4.79 Å². The molecule has 0 aliphatic carbocycles. The average Bonchev–Trinajstić information content (AvgIpc) is 3.03. The van der Waals surface area contributed by atoms with Crippen molar-refractivity contribution in [1.82, 2.24) is 0 Å². The Labute approximate surface area is 279 Å². The summed E-state index contributed by atoms with van der Waals surface area (Å²) in [5.74, 6) is 0.588. The van der Waals surface area contributed by atoms with Crippen molar-refractivity contribution in [2.45, 2.75) is 247 Å². The first-order valence-electron chi connectivity index (χ1n) is 20.8. The third-order valence-corrected chi connectivity index (χ3v) is 10.7. The van der Waals surface area contributed by atoms with Crippen LogP contribution in [0, 0.1) is 11.3 Å². The molecule has 0 aliphatic rings. The first-order valence-corrected chi connectivity index (χ1v) is 20.8. The van der Waals surface area contributed by atoms with Crippen LogP contribution >= 0.6 is 0 Å². The van der Waals surface area contributed by atoms with Crippen LogP contribution in [0.4, 0.5) is 0 Å². The summed E-state index contributed by atoms with van der Waals surface area (Å²) in [5, 5.41) is 0. The lowest BCUT2D eigenvalue weighted by Gasteiger charge is -2.37. The maximum atomic E-state index is 13.5. The molecule has 0 aromatic heterocycles. The molecule has 264 valence electrons. The molecule has 0 heterocycles. The molecule has 0 bridgehead atoms. The highest BCUT2D eigenvalue weighted by Gasteiger charge is 2.43. The SMILES string of the molecule is CCCCCCCCCCCCCCCCOC(=O)C(CC)(CC)C(CCC)CCCCCCCCCCCCCCCC. The zero-order valence-corrected chi connectivity index (χ0v) is 31.4. The van der Waals surface area contributed by atoms with Gasteiger partial charge in [-0.15, -0.1) is 0 Å². The Balaban J connectivity index is 4.05. The predicted octanol–water partition coefficient (Wildman–Crippen LogP) is 15.1. The van der Waals surface area contributed by atoms with E-state index in [1.54, 1.807) is 0 Å². The number of esters is 1. The standard InChI is InChI=1S/C42H84O2/c1-6-11-13-15-17-19-21-23-25-27-29-31-33-35-38-40(37-8-3)42(9-4,10-5)41(43)44-39-36-34-32-30-28-26-24-22-20-18-16-14-12-7-2/h40H,6-39H2,1-5H3. The Morgan fingerprint density at radius 1 is 0.409 bits per heavy atom. The molecule has 0 rings (SSSR count). The summed E-state index contributed by atoms with van der Waals surface area (Å²) < 4.78 is 6.01. The molecule has 0 radical (unpaired) electrons. The van der Waals surface area contributed by atoms with E-state index in [0.717, 1.165) is 32.1 Å². The lowest BCUT2D eigenvalue weighted by molar-refractivity contribution is -0.161. The molecule has 1 atom stereocenters. The maximum absolute atomic E-state index is 13.5. The van der Waals surface area contributed by atoms with Crippen molar-refractivity contribution in [3.8, 4) is 0 Å². The van der Waals surface area contributed by atoms with Crippen molar-refractivity contribution in [3.05, 3.63) is 0 Å². The van der Waals surface area contributed by atoms with Gasteiger partial charge < -0.3 is 4.74 Å². The first-order chi connectivity index (χ1) is 21.6. The molecule has 2 nitrogen and oxygen atoms in total. The van der Waals surface area contributed by atoms with Crippen LogP contribution in [-0.4, -0.2) is 12.6 Å². The van der Waals surface area contributed by atoms with Gasteiger partial charge >= 0.3 is 5.97 Å². The van der Waals surface area contributed by atoms with E-state index in [1.807, 2.05) is 0 Å². The van der Waals surface area contributed by atoms with Crippen molar-refractivity contribution in [2.24, 2.45) is 11.3 Å². The van der Waals surface area contributed by atoms with Crippen molar-refractivity contribution in [2.75, 3.05) is 6.61 Å². The number of hydrogen-bond donors (Lipinski definition) is 0. The third-order valence-electron chi connectivity index (χ3n) is 10.7. The Morgan fingerprint density at radius 3 is 1.05 bits per heavy atom. The molecular weight excluding hydrogens is 536 g/mol. The second-order valence-corrected chi connectivity index (χ2v) is 14.5. The molecule has 0 spiro atoms. The van der Waals surface area contributed by atoms with E-state index in [1.165, 1.54) is 180 Å². The molecule has 2 heteroatoms. The zero-order chi connectivity index (χ0) is 32.4. The second kappa shape index (κ2) is 33.8. The highest BCUT2D eigenvalue weighted by molar-refractivity contribution is 5.77. The van der Waals surface area contributed by atoms with Gasteiger partial charge in [-0.3, -0.25) is 4.79 Å². The third kappa shape index (κ3) is 23.8. The van der Waals surface area contributed by atoms with Crippen LogP contribution in [0.25, 0.3) is 0 Å². The van der Waals surface area contributed by atoms with Gasteiger partial charge in [0.05, 0.1) is 12.0 Å². The molecule has 0 aromatic rings. The molecule has 0 aliphatic heterocycles. The van der Waals surface area contributed by atoms with Crippen molar-refractivity contribution in [1.29, 1.82) is 0 Å². The van der Waals surface area contributed by atoms with E-state index in [2.05, 4.69) is 34.6 Å². The lowest BCUT2D eigenvalue weighted by Crippen LogP contribution is -2.39. The van der Waals surface area contributed by atoms with Crippen LogP contribution in [0.15, 0.2) is 0 Å². The highest BCUT2D eigenvalue weighted by atomic mass is 16.5. The van der Waals surface area contributed by atoms with Gasteiger partial charge in [-0.1, -0.05) is 214 Å². The van der Waals surface area contributed by atoms with Crippen LogP contribution in [0.2, 0.25) is 0 Å². The van der Waals surface area contributed by atoms with Crippen molar-refractivity contribution < 1.29 is 9.53 Å². The Morgan fingerprint density at radius 2 is 0.727 bits per heavy atom. The molecule has 0 N–H and O–H groups in total. The number of rotatable bonds is 36. The molecule has 0 saturated carbocycles. The predicted molar refractivity (Wildman–Crippen MR) is 198 cm³/mol.